The van der Waals surface area contributed by atoms with Crippen molar-refractivity contribution < 1.29 is 8.83 Å². The predicted molar refractivity (Wildman–Crippen MR) is 214 cm³/mol. The number of benzene rings is 3. The van der Waals surface area contributed by atoms with Gasteiger partial charge in [-0.15, -0.1) is 0 Å². The van der Waals surface area contributed by atoms with Crippen LogP contribution in [0.3, 0.4) is 0 Å². The van der Waals surface area contributed by atoms with E-state index in [9.17, 15) is 0 Å². The van der Waals surface area contributed by atoms with Crippen molar-refractivity contribution in [2.24, 2.45) is 35.5 Å². The van der Waals surface area contributed by atoms with Crippen LogP contribution < -0.4 is 0 Å². The number of allylic oxidation sites excluding steroid dienone is 14. The zero-order valence-corrected chi connectivity index (χ0v) is 29.3. The van der Waals surface area contributed by atoms with Crippen LogP contribution in [0.1, 0.15) is 60.2 Å². The summed E-state index contributed by atoms with van der Waals surface area (Å²) in [6, 6.07) is 26.1. The summed E-state index contributed by atoms with van der Waals surface area (Å²) in [6.45, 7) is 0. The summed E-state index contributed by atoms with van der Waals surface area (Å²) in [7, 11) is 0. The lowest BCUT2D eigenvalue weighted by atomic mass is 9.60. The quantitative estimate of drug-likeness (QED) is 0.190. The lowest BCUT2D eigenvalue weighted by Crippen LogP contribution is -2.33. The van der Waals surface area contributed by atoms with Crippen molar-refractivity contribution >= 4 is 34.1 Å². The van der Waals surface area contributed by atoms with Crippen LogP contribution in [0.5, 0.6) is 0 Å². The predicted octanol–water partition coefficient (Wildman–Crippen LogP) is 13.2. The average Bonchev–Trinajstić information content (AvgIpc) is 3.79. The van der Waals surface area contributed by atoms with E-state index in [1.807, 2.05) is 0 Å². The molecule has 0 N–H and O–H groups in total. The first-order valence-electron chi connectivity index (χ1n) is 19.4. The molecule has 1 fully saturated rings. The Morgan fingerprint density at radius 3 is 2.27 bits per heavy atom. The highest BCUT2D eigenvalue weighted by molar-refractivity contribution is 5.99. The Balaban J connectivity index is 1.04. The van der Waals surface area contributed by atoms with E-state index in [2.05, 4.69) is 158 Å². The van der Waals surface area contributed by atoms with Crippen LogP contribution in [0.25, 0.3) is 45.2 Å². The Morgan fingerprint density at radius 1 is 0.577 bits per heavy atom. The van der Waals surface area contributed by atoms with Crippen LogP contribution in [-0.4, -0.2) is 0 Å². The van der Waals surface area contributed by atoms with Crippen LogP contribution in [0.2, 0.25) is 0 Å². The molecule has 11 rings (SSSR count). The summed E-state index contributed by atoms with van der Waals surface area (Å²) in [5.41, 5.74) is 10.4. The van der Waals surface area contributed by atoms with E-state index < -0.39 is 0 Å². The molecule has 2 aromatic heterocycles. The number of rotatable bonds is 4. The van der Waals surface area contributed by atoms with Crippen molar-refractivity contribution in [3.63, 3.8) is 0 Å². The van der Waals surface area contributed by atoms with Gasteiger partial charge in [0.25, 0.3) is 0 Å². The second-order valence-corrected chi connectivity index (χ2v) is 15.8. The number of hydrogen-bond donors (Lipinski definition) is 0. The molecule has 6 aliphatic rings. The van der Waals surface area contributed by atoms with E-state index in [1.54, 1.807) is 5.57 Å². The second-order valence-electron chi connectivity index (χ2n) is 15.8. The van der Waals surface area contributed by atoms with Crippen molar-refractivity contribution in [2.45, 2.75) is 37.5 Å². The van der Waals surface area contributed by atoms with Gasteiger partial charge in [0.15, 0.2) is 0 Å². The second kappa shape index (κ2) is 12.1. The van der Waals surface area contributed by atoms with Crippen LogP contribution >= 0.6 is 0 Å². The summed E-state index contributed by atoms with van der Waals surface area (Å²) in [5, 5.41) is 2.56. The van der Waals surface area contributed by atoms with E-state index in [0.29, 0.717) is 41.4 Å². The van der Waals surface area contributed by atoms with E-state index in [1.165, 1.54) is 57.9 Å². The summed E-state index contributed by atoms with van der Waals surface area (Å²) >= 11 is 0. The van der Waals surface area contributed by atoms with Crippen LogP contribution in [0.4, 0.5) is 0 Å². The zero-order valence-electron chi connectivity index (χ0n) is 29.3. The minimum Gasteiger partial charge on any atom is -0.456 e. The highest BCUT2D eigenvalue weighted by Crippen LogP contribution is 2.56. The lowest BCUT2D eigenvalue weighted by Gasteiger charge is -2.44. The Labute approximate surface area is 305 Å². The fourth-order valence-electron chi connectivity index (χ4n) is 10.8. The highest BCUT2D eigenvalue weighted by Gasteiger charge is 2.43. The van der Waals surface area contributed by atoms with Gasteiger partial charge in [-0.3, -0.25) is 0 Å². The third-order valence-electron chi connectivity index (χ3n) is 13.1. The molecule has 1 saturated carbocycles. The van der Waals surface area contributed by atoms with Gasteiger partial charge < -0.3 is 8.83 Å². The fraction of sp³-hybridized carbons (Fsp3) is 0.240. The Kier molecular flexibility index (Phi) is 7.07. The largest absolute Gasteiger partial charge is 0.456 e. The van der Waals surface area contributed by atoms with Gasteiger partial charge >= 0.3 is 0 Å². The molecule has 6 aliphatic carbocycles. The molecule has 0 radical (unpaired) electrons. The minimum atomic E-state index is 0.251. The molecule has 0 spiro atoms. The molecule has 2 heterocycles. The monoisotopic (exact) mass is 674 g/mol. The summed E-state index contributed by atoms with van der Waals surface area (Å²) in [5.74, 6) is 5.52. The standard InChI is InChI=1S/C50H42O2/c1-2-13-32(14-3-1)38-19-10-23-46-49(38)50-41-17-7-6-16-40(41)43(30-47(50)52-46)37-28-35(34-25-24-31-12-4-5-15-33(31)26-34)27-36(29-37)39-20-11-22-45-48(39)42-18-8-9-21-44(42)51-45/h1-19,21-26,30-31,33,35-37,39-41H,20,27-29H2. The van der Waals surface area contributed by atoms with Gasteiger partial charge in [-0.25, -0.2) is 0 Å². The molecule has 0 bridgehead atoms. The number of hydrogen-bond acceptors (Lipinski definition) is 2. The average molecular weight is 675 g/mol. The Morgan fingerprint density at radius 2 is 1.35 bits per heavy atom. The van der Waals surface area contributed by atoms with Gasteiger partial charge in [0.1, 0.15) is 22.7 Å². The van der Waals surface area contributed by atoms with Gasteiger partial charge in [-0.05, 0) is 90.3 Å². The molecule has 8 atom stereocenters. The lowest BCUT2D eigenvalue weighted by molar-refractivity contribution is 0.203. The molecule has 0 amide bonds. The van der Waals surface area contributed by atoms with Crippen molar-refractivity contribution in [3.8, 4) is 11.1 Å². The molecule has 3 aromatic carbocycles. The Hall–Kier alpha value is -5.34. The molecule has 52 heavy (non-hydrogen) atoms. The molecule has 2 heteroatoms. The smallest absolute Gasteiger partial charge is 0.135 e. The summed E-state index contributed by atoms with van der Waals surface area (Å²) in [4.78, 5) is 0. The van der Waals surface area contributed by atoms with E-state index in [0.717, 1.165) is 29.1 Å². The van der Waals surface area contributed by atoms with Crippen molar-refractivity contribution in [3.05, 3.63) is 180 Å². The summed E-state index contributed by atoms with van der Waals surface area (Å²) < 4.78 is 13.3. The maximum atomic E-state index is 6.86. The normalized spacial score (nSPS) is 29.8. The van der Waals surface area contributed by atoms with Crippen LogP contribution in [-0.2, 0) is 0 Å². The van der Waals surface area contributed by atoms with Crippen molar-refractivity contribution in [1.82, 2.24) is 0 Å². The van der Waals surface area contributed by atoms with Gasteiger partial charge in [0.05, 0.1) is 0 Å². The first kappa shape index (κ1) is 30.3. The van der Waals surface area contributed by atoms with Crippen LogP contribution in [0, 0.1) is 35.5 Å². The van der Waals surface area contributed by atoms with Crippen molar-refractivity contribution in [1.29, 1.82) is 0 Å². The molecule has 5 aromatic rings. The third-order valence-corrected chi connectivity index (χ3v) is 13.1. The molecular weight excluding hydrogens is 633 g/mol. The van der Waals surface area contributed by atoms with Gasteiger partial charge in [0.2, 0.25) is 0 Å². The van der Waals surface area contributed by atoms with E-state index in [4.69, 9.17) is 8.83 Å². The number of furan rings is 2. The van der Waals surface area contributed by atoms with Gasteiger partial charge in [0, 0.05) is 45.6 Å². The van der Waals surface area contributed by atoms with Crippen LogP contribution in [0.15, 0.2) is 166 Å². The van der Waals surface area contributed by atoms with E-state index in [-0.39, 0.29) is 5.92 Å². The maximum Gasteiger partial charge on any atom is 0.135 e. The molecule has 8 unspecified atom stereocenters. The molecule has 254 valence electrons. The first-order valence-corrected chi connectivity index (χ1v) is 19.4. The Bertz CT molecular complexity index is 2470. The van der Waals surface area contributed by atoms with Gasteiger partial charge in [-0.1, -0.05) is 139 Å². The zero-order chi connectivity index (χ0) is 34.2. The molecule has 0 aliphatic heterocycles. The first-order chi connectivity index (χ1) is 25.8. The number of para-hydroxylation sites is 1. The third kappa shape index (κ3) is 4.84. The SMILES string of the molecule is C1=CC2C=CC(C3CC(C4=Cc5oc6cccc(-c7ccccc7)c6c5C5C=CC=CC45)CC(C4CC=Cc5oc6ccccc6c54)C3)=CC2C=C1. The molecule has 2 nitrogen and oxygen atoms in total. The maximum absolute atomic E-state index is 6.86. The number of fused-ring (bicyclic) bond motifs is 9. The fourth-order valence-corrected chi connectivity index (χ4v) is 10.8. The topological polar surface area (TPSA) is 26.3 Å². The van der Waals surface area contributed by atoms with Gasteiger partial charge in [-0.2, -0.15) is 0 Å². The highest BCUT2D eigenvalue weighted by atomic mass is 16.3. The van der Waals surface area contributed by atoms with Crippen molar-refractivity contribution in [2.75, 3.05) is 0 Å². The summed E-state index contributed by atoms with van der Waals surface area (Å²) in [6.07, 6.45) is 37.8. The molecule has 0 saturated heterocycles. The molecular formula is C50H42O2. The minimum absolute atomic E-state index is 0.251. The van der Waals surface area contributed by atoms with E-state index >= 15 is 0 Å².